The van der Waals surface area contributed by atoms with Crippen LogP contribution in [0.15, 0.2) is 161 Å². The Hall–Kier alpha value is -11.2. The molecule has 93 heavy (non-hydrogen) atoms. The van der Waals surface area contributed by atoms with Crippen molar-refractivity contribution in [1.82, 2.24) is 45.6 Å². The molecule has 3 aromatic heterocycles. The van der Waals surface area contributed by atoms with E-state index in [0.29, 0.717) is 68.4 Å². The first-order chi connectivity index (χ1) is 44.3. The van der Waals surface area contributed by atoms with Crippen LogP contribution >= 0.6 is 36.7 Å². The fourth-order valence-electron chi connectivity index (χ4n) is 9.10. The molecule has 0 aliphatic heterocycles. The molecule has 0 amide bonds. The molecule has 0 saturated carbocycles. The maximum atomic E-state index is 10.9. The Kier molecular flexibility index (Phi) is 23.9. The number of thiocarbonyl (C=S) groups is 3. The Labute approximate surface area is 552 Å². The van der Waals surface area contributed by atoms with Gasteiger partial charge in [0, 0.05) is 54.9 Å². The standard InChI is InChI=1S/C23H25N5O3S.C22H23N5O3S.C21H21N5O3S/c1-4-5-15-6-8-16(9-7-15)20-21(29)19(27-28(20)3)14(2)25-26-23(32)24-18-12-10-17(11-13-18)22(30)31;1-4-14-5-7-15(8-6-14)19-20(28)18(26-27(19)3)13(2)24-25-22(31)23-17-11-9-16(10-12-17)21(29)30;1-12-4-6-14(7-5-12)18-19(27)17(25-26(18)3)13(2)23-24-21(30)22-16-10-8-15(9-11-16)20(28)29/h6-13,29H,4-5H2,1-3H3,(H,30,31)(H2,24,26,32);5-12,28H,4H2,1-3H3,(H,29,30)(H2,23,25,31);4-11,27H,1-3H3,(H,28,29)(H2,22,24,30)/b25-14-;24-13-;23-13-. The van der Waals surface area contributed by atoms with Gasteiger partial charge in [-0.2, -0.15) is 30.6 Å². The predicted molar refractivity (Wildman–Crippen MR) is 374 cm³/mol. The van der Waals surface area contributed by atoms with Crippen molar-refractivity contribution in [2.45, 2.75) is 60.8 Å². The van der Waals surface area contributed by atoms with Crippen LogP contribution in [0, 0.1) is 6.92 Å². The normalized spacial score (nSPS) is 11.3. The van der Waals surface area contributed by atoms with E-state index in [1.165, 1.54) is 47.5 Å². The van der Waals surface area contributed by atoms with Crippen LogP contribution in [0.2, 0.25) is 0 Å². The smallest absolute Gasteiger partial charge is 0.335 e. The van der Waals surface area contributed by atoms with Gasteiger partial charge in [-0.25, -0.2) is 14.4 Å². The number of rotatable bonds is 18. The molecule has 6 aromatic carbocycles. The number of nitrogens with one attached hydrogen (secondary N) is 6. The van der Waals surface area contributed by atoms with Gasteiger partial charge in [-0.15, -0.1) is 0 Å². The fraction of sp³-hybridized carbons (Fsp3) is 0.182. The lowest BCUT2D eigenvalue weighted by Crippen LogP contribution is -2.25. The van der Waals surface area contributed by atoms with Crippen molar-refractivity contribution in [3.63, 3.8) is 0 Å². The van der Waals surface area contributed by atoms with E-state index in [9.17, 15) is 29.7 Å². The zero-order valence-corrected chi connectivity index (χ0v) is 54.6. The largest absolute Gasteiger partial charge is 0.504 e. The number of hydrogen-bond donors (Lipinski definition) is 12. The van der Waals surface area contributed by atoms with E-state index in [-0.39, 0.29) is 49.3 Å². The molecule has 0 unspecified atom stereocenters. The third kappa shape index (κ3) is 18.5. The second-order valence-corrected chi connectivity index (χ2v) is 22.0. The molecule has 0 aliphatic rings. The fourth-order valence-corrected chi connectivity index (χ4v) is 9.59. The van der Waals surface area contributed by atoms with Crippen LogP contribution in [0.5, 0.6) is 17.2 Å². The van der Waals surface area contributed by atoms with Crippen LogP contribution < -0.4 is 32.2 Å². The average Bonchev–Trinajstić information content (AvgIpc) is 1.69. The number of carboxylic acids is 3. The average molecular weight is 1310 g/mol. The summed E-state index contributed by atoms with van der Waals surface area (Å²) in [4.78, 5) is 32.7. The van der Waals surface area contributed by atoms with Gasteiger partial charge in [0.05, 0.1) is 33.8 Å². The number of carbonyl (C=O) groups is 3. The summed E-state index contributed by atoms with van der Waals surface area (Å²) in [5.74, 6) is -2.87. The number of aromatic carboxylic acids is 3. The highest BCUT2D eigenvalue weighted by Crippen LogP contribution is 2.35. The van der Waals surface area contributed by atoms with Crippen molar-refractivity contribution >= 4 is 104 Å². The second kappa shape index (κ2) is 32.0. The molecule has 0 aliphatic carbocycles. The predicted octanol–water partition coefficient (Wildman–Crippen LogP) is 11.4. The van der Waals surface area contributed by atoms with Crippen molar-refractivity contribution < 1.29 is 45.0 Å². The molecule has 0 radical (unpaired) electrons. The molecule has 3 heterocycles. The zero-order chi connectivity index (χ0) is 67.6. The summed E-state index contributed by atoms with van der Waals surface area (Å²) in [7, 11) is 5.29. The molecule has 0 spiro atoms. The van der Waals surface area contributed by atoms with E-state index in [0.717, 1.165) is 41.5 Å². The third-order valence-corrected chi connectivity index (χ3v) is 14.5. The van der Waals surface area contributed by atoms with Gasteiger partial charge in [-0.05, 0) is 161 Å². The summed E-state index contributed by atoms with van der Waals surface area (Å²) in [5.41, 5.74) is 20.9. The molecule has 0 saturated heterocycles. The molecule has 0 atom stereocenters. The number of aryl methyl sites for hydroxylation is 6. The maximum Gasteiger partial charge on any atom is 0.335 e. The number of benzene rings is 6. The number of nitrogens with zero attached hydrogens (tertiary/aromatic N) is 9. The van der Waals surface area contributed by atoms with E-state index >= 15 is 0 Å². The van der Waals surface area contributed by atoms with E-state index in [1.54, 1.807) is 92.4 Å². The summed E-state index contributed by atoms with van der Waals surface area (Å²) >= 11 is 15.7. The van der Waals surface area contributed by atoms with Crippen molar-refractivity contribution in [2.75, 3.05) is 16.0 Å². The third-order valence-electron chi connectivity index (χ3n) is 14.0. The first-order valence-electron chi connectivity index (χ1n) is 28.7. The minimum atomic E-state index is -0.998. The number of carboxylic acid groups (broad SMARTS) is 3. The lowest BCUT2D eigenvalue weighted by molar-refractivity contribution is 0.0686. The van der Waals surface area contributed by atoms with Gasteiger partial charge < -0.3 is 46.6 Å². The lowest BCUT2D eigenvalue weighted by Gasteiger charge is -2.08. The highest BCUT2D eigenvalue weighted by molar-refractivity contribution is 7.80. The first-order valence-corrected chi connectivity index (χ1v) is 30.0. The highest BCUT2D eigenvalue weighted by atomic mass is 32.1. The molecule has 9 aromatic rings. The number of aromatic nitrogens is 6. The minimum absolute atomic E-state index is 0.0348. The molecular weight excluding hydrogens is 1240 g/mol. The summed E-state index contributed by atoms with van der Waals surface area (Å²) < 4.78 is 4.85. The van der Waals surface area contributed by atoms with E-state index < -0.39 is 17.9 Å². The number of anilines is 3. The van der Waals surface area contributed by atoms with E-state index in [2.05, 4.69) is 88.8 Å². The number of hydrazone groups is 3. The van der Waals surface area contributed by atoms with Crippen molar-refractivity contribution in [3.8, 4) is 51.0 Å². The van der Waals surface area contributed by atoms with Gasteiger partial charge in [-0.3, -0.25) is 30.3 Å². The topological polar surface area (TPSA) is 335 Å². The van der Waals surface area contributed by atoms with Crippen LogP contribution in [-0.4, -0.2) is 110 Å². The van der Waals surface area contributed by atoms with Gasteiger partial charge >= 0.3 is 17.9 Å². The summed E-state index contributed by atoms with van der Waals surface area (Å²) in [6.07, 6.45) is 3.03. The monoisotopic (exact) mass is 1310 g/mol. The van der Waals surface area contributed by atoms with Crippen molar-refractivity contribution in [2.24, 2.45) is 36.4 Å². The van der Waals surface area contributed by atoms with Crippen LogP contribution in [0.25, 0.3) is 33.8 Å². The quantitative estimate of drug-likeness (QED) is 0.0216. The van der Waals surface area contributed by atoms with Crippen molar-refractivity contribution in [1.29, 1.82) is 0 Å². The Bertz CT molecular complexity index is 4280. The molecule has 0 fully saturated rings. The SMILES string of the molecule is C/C(=N/NC(=S)Nc1ccc(C(=O)O)cc1)c1nn(C)c(-c2ccc(C)cc2)c1O.CCCc1ccc(-c2c(O)c(/C(C)=N\NC(=S)Nc3ccc(C(=O)O)cc3)nn2C)cc1.CCc1ccc(-c2c(O)c(/C(C)=N\NC(=S)Nc3ccc(C(=O)O)cc3)nn2C)cc1. The van der Waals surface area contributed by atoms with Crippen LogP contribution in [0.1, 0.15) is 106 Å². The lowest BCUT2D eigenvalue weighted by atomic mass is 10.0. The zero-order valence-electron chi connectivity index (χ0n) is 52.1. The second-order valence-electron chi connectivity index (χ2n) is 20.8. The highest BCUT2D eigenvalue weighted by Gasteiger charge is 2.22. The van der Waals surface area contributed by atoms with E-state index in [4.69, 9.17) is 52.0 Å². The van der Waals surface area contributed by atoms with Gasteiger partial charge in [-0.1, -0.05) is 98.6 Å². The molecule has 24 nitrogen and oxygen atoms in total. The minimum Gasteiger partial charge on any atom is -0.504 e. The van der Waals surface area contributed by atoms with Gasteiger partial charge in [0.2, 0.25) is 0 Å². The molecule has 9 rings (SSSR count). The molecule has 480 valence electrons. The Morgan fingerprint density at radius 3 is 0.957 bits per heavy atom. The van der Waals surface area contributed by atoms with Crippen LogP contribution in [-0.2, 0) is 34.0 Å². The van der Waals surface area contributed by atoms with Gasteiger partial charge in [0.1, 0.15) is 17.1 Å². The number of hydrogen-bond acceptors (Lipinski definition) is 15. The van der Waals surface area contributed by atoms with Gasteiger partial charge in [0.15, 0.2) is 49.7 Å². The number of aromatic hydroxyl groups is 3. The molecule has 12 N–H and O–H groups in total. The summed E-state index contributed by atoms with van der Waals surface area (Å²) in [6, 6.07) is 42.3. The van der Waals surface area contributed by atoms with Crippen molar-refractivity contribution in [3.05, 3.63) is 196 Å². The van der Waals surface area contributed by atoms with E-state index in [1.807, 2.05) is 67.6 Å². The molecule has 0 bridgehead atoms. The Morgan fingerprint density at radius 2 is 0.699 bits per heavy atom. The Balaban J connectivity index is 0.000000198. The van der Waals surface area contributed by atoms with Crippen LogP contribution in [0.4, 0.5) is 17.1 Å². The molecular formula is C66H69N15O9S3. The first kappa shape index (κ1) is 69.3. The Morgan fingerprint density at radius 1 is 0.430 bits per heavy atom. The van der Waals surface area contributed by atoms with Crippen LogP contribution in [0.3, 0.4) is 0 Å². The summed E-state index contributed by atoms with van der Waals surface area (Å²) in [6.45, 7) is 11.4. The summed E-state index contributed by atoms with van der Waals surface area (Å²) in [5, 5.41) is 94.2. The maximum absolute atomic E-state index is 10.9. The molecule has 27 heteroatoms. The van der Waals surface area contributed by atoms with Gasteiger partial charge in [0.25, 0.3) is 0 Å².